The second kappa shape index (κ2) is 21.8. The molecule has 77 heavy (non-hydrogen) atoms. The Labute approximate surface area is 436 Å². The van der Waals surface area contributed by atoms with E-state index in [4.69, 9.17) is 9.47 Å². The van der Waals surface area contributed by atoms with Gasteiger partial charge in [-0.05, 0) is 77.6 Å². The van der Waals surface area contributed by atoms with E-state index < -0.39 is 116 Å². The van der Waals surface area contributed by atoms with Crippen LogP contribution in [0.4, 0.5) is 39.8 Å². The van der Waals surface area contributed by atoms with Gasteiger partial charge in [0.25, 0.3) is 22.9 Å². The van der Waals surface area contributed by atoms with Crippen LogP contribution in [0.1, 0.15) is 49.2 Å². The van der Waals surface area contributed by atoms with Crippen molar-refractivity contribution in [2.75, 3.05) is 19.6 Å². The van der Waals surface area contributed by atoms with Gasteiger partial charge in [-0.1, -0.05) is 19.1 Å². The number of halogens is 3. The maximum absolute atomic E-state index is 14.6. The van der Waals surface area contributed by atoms with Gasteiger partial charge in [-0.25, -0.2) is 19.1 Å². The standard InChI is InChI=1S/C46H45F3N12O15S/c1-24(50-34(62)21-57-42(46(47,48)49)52-53-54-57)35-37-45(2,18-25-3-9-29(10-4-25)59(69)70)38(36(41(65)66)58(37)40(35)64)77-32-17-33(56(20-32)44(68)76-23-27-7-13-31(14-8-27)61(73)74)39(63)55-16-15-28(19-55)51-43(67)75-22-26-5-11-30(12-6-26)60(71)72/h3-14,24,28,32-33,35,37H,15-23H2,1-2H3,(H,50,62)(H,51,67)(H,65,66)/t24-,28?,32+,33+,35-,37+,45-/m1/s1. The molecule has 3 fully saturated rings. The molecule has 0 spiro atoms. The first-order valence-electron chi connectivity index (χ1n) is 23.4. The number of tetrazole rings is 1. The summed E-state index contributed by atoms with van der Waals surface area (Å²) in [6, 6.07) is 11.8. The van der Waals surface area contributed by atoms with Crippen molar-refractivity contribution in [3.05, 3.63) is 136 Å². The minimum Gasteiger partial charge on any atom is -0.477 e. The zero-order valence-corrected chi connectivity index (χ0v) is 41.2. The molecule has 0 aliphatic carbocycles. The number of aliphatic carboxylic acids is 1. The highest BCUT2D eigenvalue weighted by atomic mass is 32.2. The van der Waals surface area contributed by atoms with Crippen molar-refractivity contribution in [1.29, 1.82) is 0 Å². The van der Waals surface area contributed by atoms with Gasteiger partial charge in [-0.2, -0.15) is 13.2 Å². The van der Waals surface area contributed by atoms with E-state index >= 15 is 0 Å². The number of benzene rings is 3. The fourth-order valence-corrected chi connectivity index (χ4v) is 11.6. The van der Waals surface area contributed by atoms with Crippen LogP contribution in [0.25, 0.3) is 0 Å². The second-order valence-electron chi connectivity index (χ2n) is 18.7. The Morgan fingerprint density at radius 1 is 0.870 bits per heavy atom. The van der Waals surface area contributed by atoms with E-state index in [1.165, 1.54) is 84.6 Å². The monoisotopic (exact) mass is 1090 g/mol. The van der Waals surface area contributed by atoms with Gasteiger partial charge >= 0.3 is 24.3 Å². The first kappa shape index (κ1) is 54.5. The number of β-lactam (4-membered cyclic amide) rings is 1. The van der Waals surface area contributed by atoms with Crippen molar-refractivity contribution in [3.8, 4) is 0 Å². The largest absolute Gasteiger partial charge is 0.477 e. The van der Waals surface area contributed by atoms with Gasteiger partial charge in [-0.3, -0.25) is 49.6 Å². The highest BCUT2D eigenvalue weighted by Crippen LogP contribution is 2.60. The predicted octanol–water partition coefficient (Wildman–Crippen LogP) is 4.35. The number of carboxylic acid groups (broad SMARTS) is 1. The summed E-state index contributed by atoms with van der Waals surface area (Å²) in [5, 5.41) is 58.3. The zero-order valence-electron chi connectivity index (χ0n) is 40.4. The Morgan fingerprint density at radius 3 is 1.97 bits per heavy atom. The molecular formula is C46H45F3N12O15S. The number of rotatable bonds is 18. The number of nitrogens with zero attached hydrogens (tertiary/aromatic N) is 10. The Balaban J connectivity index is 1.04. The quantitative estimate of drug-likeness (QED) is 0.0708. The number of aromatic nitrogens is 4. The number of likely N-dealkylation sites (tertiary alicyclic amines) is 2. The highest BCUT2D eigenvalue weighted by Gasteiger charge is 2.67. The Bertz CT molecular complexity index is 3060. The summed E-state index contributed by atoms with van der Waals surface area (Å²) in [6.07, 6.45) is -6.74. The van der Waals surface area contributed by atoms with E-state index in [0.29, 0.717) is 16.7 Å². The smallest absolute Gasteiger partial charge is 0.453 e. The third kappa shape index (κ3) is 11.6. The van der Waals surface area contributed by atoms with Crippen molar-refractivity contribution in [3.63, 3.8) is 0 Å². The third-order valence-electron chi connectivity index (χ3n) is 13.6. The molecule has 4 aromatic rings. The zero-order chi connectivity index (χ0) is 55.7. The van der Waals surface area contributed by atoms with Crippen LogP contribution in [-0.2, 0) is 61.0 Å². The number of hydrogen-bond acceptors (Lipinski definition) is 18. The summed E-state index contributed by atoms with van der Waals surface area (Å²) in [4.78, 5) is 118. The number of nitrogens with one attached hydrogen (secondary N) is 2. The predicted molar refractivity (Wildman–Crippen MR) is 255 cm³/mol. The lowest BCUT2D eigenvalue weighted by Crippen LogP contribution is -2.68. The van der Waals surface area contributed by atoms with Gasteiger partial charge < -0.3 is 35.0 Å². The highest BCUT2D eigenvalue weighted by molar-refractivity contribution is 8.03. The van der Waals surface area contributed by atoms with Crippen molar-refractivity contribution in [2.24, 2.45) is 11.3 Å². The number of carbonyl (C=O) groups excluding carboxylic acids is 5. The lowest BCUT2D eigenvalue weighted by atomic mass is 9.67. The molecule has 8 rings (SSSR count). The minimum absolute atomic E-state index is 0.0266. The number of carbonyl (C=O) groups is 6. The van der Waals surface area contributed by atoms with Crippen molar-refractivity contribution in [2.45, 2.75) is 88.5 Å². The van der Waals surface area contributed by atoms with E-state index in [9.17, 15) is 77.4 Å². The lowest BCUT2D eigenvalue weighted by molar-refractivity contribution is -0.385. The van der Waals surface area contributed by atoms with Crippen LogP contribution in [-0.4, -0.2) is 140 Å². The number of nitro benzene ring substituents is 3. The Hall–Kier alpha value is -8.77. The molecule has 5 amide bonds. The van der Waals surface area contributed by atoms with Crippen LogP contribution < -0.4 is 10.6 Å². The molecule has 1 aromatic heterocycles. The summed E-state index contributed by atoms with van der Waals surface area (Å²) in [5.74, 6) is -6.62. The number of thioether (sulfide) groups is 1. The van der Waals surface area contributed by atoms with E-state index in [-0.39, 0.29) is 78.8 Å². The Morgan fingerprint density at radius 2 is 1.43 bits per heavy atom. The number of non-ortho nitro benzene ring substituents is 3. The lowest BCUT2D eigenvalue weighted by Gasteiger charge is -2.52. The molecule has 7 atom stereocenters. The van der Waals surface area contributed by atoms with Crippen LogP contribution in [0, 0.1) is 41.7 Å². The van der Waals surface area contributed by atoms with Crippen LogP contribution in [0.5, 0.6) is 0 Å². The average molecular weight is 1090 g/mol. The van der Waals surface area contributed by atoms with E-state index in [1.807, 2.05) is 0 Å². The molecule has 3 N–H and O–H groups in total. The van der Waals surface area contributed by atoms with Gasteiger partial charge in [0.05, 0.1) is 32.8 Å². The number of amides is 5. The van der Waals surface area contributed by atoms with Gasteiger partial charge in [0.15, 0.2) is 0 Å². The summed E-state index contributed by atoms with van der Waals surface area (Å²) in [7, 11) is 0. The fourth-order valence-electron chi connectivity index (χ4n) is 10.0. The van der Waals surface area contributed by atoms with Gasteiger partial charge in [-0.15, -0.1) is 16.9 Å². The molecule has 0 radical (unpaired) electrons. The molecule has 3 saturated heterocycles. The first-order chi connectivity index (χ1) is 36.4. The normalized spacial score (nSPS) is 22.2. The summed E-state index contributed by atoms with van der Waals surface area (Å²) >= 11 is 0.974. The summed E-state index contributed by atoms with van der Waals surface area (Å²) < 4.78 is 51.8. The number of fused-ring (bicyclic) bond motifs is 1. The number of hydrogen-bond donors (Lipinski definition) is 3. The van der Waals surface area contributed by atoms with Gasteiger partial charge in [0.2, 0.25) is 17.7 Å². The molecular weight excluding hydrogens is 1050 g/mol. The van der Waals surface area contributed by atoms with Crippen molar-refractivity contribution < 1.29 is 71.3 Å². The van der Waals surface area contributed by atoms with Crippen LogP contribution in [0.3, 0.4) is 0 Å². The molecule has 5 heterocycles. The third-order valence-corrected chi connectivity index (χ3v) is 15.2. The van der Waals surface area contributed by atoms with E-state index in [2.05, 4.69) is 26.2 Å². The number of carboxylic acids is 1. The van der Waals surface area contributed by atoms with Crippen LogP contribution in [0.2, 0.25) is 0 Å². The second-order valence-corrected chi connectivity index (χ2v) is 20.0. The molecule has 406 valence electrons. The SMILES string of the molecule is C[C@@H](NC(=O)Cn1nnnc1C(F)(F)F)[C@H]1C(=O)N2C(C(=O)O)=C(S[C@H]3C[C@@H](C(=O)N4CCC(NC(=O)OCc5ccc([N+](=O)[O-])cc5)C4)N(C(=O)OCc4ccc([N+](=O)[O-])cc4)C3)[C@](C)(Cc3ccc([N+](=O)[O-])cc3)[C@H]12. The maximum Gasteiger partial charge on any atom is 0.453 e. The van der Waals surface area contributed by atoms with E-state index in [1.54, 1.807) is 6.92 Å². The molecule has 1 unspecified atom stereocenters. The van der Waals surface area contributed by atoms with Gasteiger partial charge in [0.1, 0.15) is 31.5 Å². The average Bonchev–Trinajstić information content (AvgIpc) is 4.23. The van der Waals surface area contributed by atoms with Crippen molar-refractivity contribution in [1.82, 2.24) is 45.5 Å². The molecule has 3 aromatic carbocycles. The number of nitro groups is 3. The van der Waals surface area contributed by atoms with Crippen LogP contribution >= 0.6 is 11.8 Å². The van der Waals surface area contributed by atoms with Gasteiger partial charge in [0, 0.05) is 77.6 Å². The fraction of sp³-hybridized carbons (Fsp3) is 0.413. The molecule has 0 saturated carbocycles. The van der Waals surface area contributed by atoms with Crippen molar-refractivity contribution >= 4 is 64.7 Å². The first-order valence-corrected chi connectivity index (χ1v) is 24.3. The summed E-state index contributed by atoms with van der Waals surface area (Å²) in [5.41, 5.74) is -1.18. The number of alkyl halides is 3. The summed E-state index contributed by atoms with van der Waals surface area (Å²) in [6.45, 7) is 1.32. The maximum atomic E-state index is 14.6. The topological polar surface area (TPSA) is 348 Å². The molecule has 27 nitrogen and oxygen atoms in total. The molecule has 4 aliphatic heterocycles. The molecule has 31 heteroatoms. The molecule has 4 aliphatic rings. The number of alkyl carbamates (subject to hydrolysis) is 1. The van der Waals surface area contributed by atoms with E-state index in [0.717, 1.165) is 21.6 Å². The minimum atomic E-state index is -5.01. The number of ether oxygens (including phenoxy) is 2. The van der Waals surface area contributed by atoms with Crippen LogP contribution in [0.15, 0.2) is 83.4 Å². The molecule has 0 bridgehead atoms. The Kier molecular flexibility index (Phi) is 15.4.